The molecule has 0 radical (unpaired) electrons. The summed E-state index contributed by atoms with van der Waals surface area (Å²) >= 11 is 6.25. The molecular formula is C45H47ClN4O10. The Bertz CT molecular complexity index is 2210. The summed E-state index contributed by atoms with van der Waals surface area (Å²) in [6.07, 6.45) is 0.251. The van der Waals surface area contributed by atoms with Gasteiger partial charge in [0.25, 0.3) is 5.91 Å². The number of halogens is 1. The molecule has 0 aliphatic carbocycles. The Balaban J connectivity index is 0.898. The fraction of sp³-hybridized carbons (Fsp3) is 0.311. The normalized spacial score (nSPS) is 15.8. The van der Waals surface area contributed by atoms with Gasteiger partial charge in [0.2, 0.25) is 23.6 Å². The average Bonchev–Trinajstić information content (AvgIpc) is 3.58. The first kappa shape index (κ1) is 43.4. The number of nitrogens with zero attached hydrogens (tertiary/aromatic N) is 1. The number of aromatic hydroxyl groups is 2. The van der Waals surface area contributed by atoms with E-state index in [-0.39, 0.29) is 93.9 Å². The molecule has 1 saturated heterocycles. The van der Waals surface area contributed by atoms with Crippen molar-refractivity contribution < 1.29 is 48.4 Å². The molecule has 2 aliphatic rings. The van der Waals surface area contributed by atoms with Crippen LogP contribution < -0.4 is 20.7 Å². The fourth-order valence-electron chi connectivity index (χ4n) is 7.06. The number of piperidine rings is 1. The van der Waals surface area contributed by atoms with Crippen molar-refractivity contribution in [3.63, 3.8) is 0 Å². The number of nitrogens with one attached hydrogen (secondary N) is 3. The molecule has 4 aromatic rings. The number of hydrogen-bond acceptors (Lipinski definition) is 10. The minimum Gasteiger partial charge on any atom is -0.508 e. The van der Waals surface area contributed by atoms with Crippen LogP contribution >= 0.6 is 11.6 Å². The Hall–Kier alpha value is -6.22. The molecule has 2 aliphatic heterocycles. The first-order chi connectivity index (χ1) is 29.0. The molecule has 15 heteroatoms. The highest BCUT2D eigenvalue weighted by Gasteiger charge is 2.40. The lowest BCUT2D eigenvalue weighted by Gasteiger charge is -2.29. The van der Waals surface area contributed by atoms with E-state index in [0.717, 1.165) is 27.8 Å². The van der Waals surface area contributed by atoms with Crippen LogP contribution in [0.4, 0.5) is 5.69 Å². The average molecular weight is 839 g/mol. The molecule has 4 aromatic carbocycles. The standard InChI is InChI=1S/C45H47ClN4O10/c1-28(59-26-25-58-23-20-41(54)48-38-4-2-3-36-37(38)27-50(45(36)57)39-17-18-40(53)49-44(39)56)43(55)47-22-24-60-34-15-9-31(10-16-34)42(30-7-13-33(52)14-8-30)35(19-21-46)29-5-11-32(51)12-6-29/h2-16,28,39,51-52H,17-27H2,1H3,(H,47,55)(H,48,54)(H,49,53,56). The molecule has 314 valence electrons. The summed E-state index contributed by atoms with van der Waals surface area (Å²) in [5, 5.41) is 27.7. The van der Waals surface area contributed by atoms with Crippen molar-refractivity contribution in [3.8, 4) is 17.2 Å². The Morgan fingerprint density at radius 1 is 0.850 bits per heavy atom. The van der Waals surface area contributed by atoms with Gasteiger partial charge >= 0.3 is 0 Å². The van der Waals surface area contributed by atoms with Gasteiger partial charge in [-0.15, -0.1) is 11.6 Å². The van der Waals surface area contributed by atoms with Crippen LogP contribution in [0.3, 0.4) is 0 Å². The molecule has 0 saturated carbocycles. The van der Waals surface area contributed by atoms with Crippen LogP contribution in [-0.4, -0.2) is 95.6 Å². The zero-order chi connectivity index (χ0) is 42.6. The van der Waals surface area contributed by atoms with E-state index in [4.69, 9.17) is 25.8 Å². The number of rotatable bonds is 19. The van der Waals surface area contributed by atoms with Crippen molar-refractivity contribution >= 4 is 58.0 Å². The molecule has 2 atom stereocenters. The van der Waals surface area contributed by atoms with Crippen LogP contribution in [0.25, 0.3) is 11.1 Å². The lowest BCUT2D eigenvalue weighted by atomic mass is 9.88. The molecule has 1 fully saturated rings. The highest BCUT2D eigenvalue weighted by molar-refractivity contribution is 6.18. The summed E-state index contributed by atoms with van der Waals surface area (Å²) in [6.45, 7) is 2.62. The number of benzene rings is 4. The van der Waals surface area contributed by atoms with E-state index in [1.54, 1.807) is 49.4 Å². The van der Waals surface area contributed by atoms with E-state index in [0.29, 0.717) is 34.9 Å². The van der Waals surface area contributed by atoms with Crippen molar-refractivity contribution in [2.45, 2.75) is 51.3 Å². The fourth-order valence-corrected chi connectivity index (χ4v) is 7.25. The van der Waals surface area contributed by atoms with E-state index >= 15 is 0 Å². The number of allylic oxidation sites excluding steroid dienone is 1. The molecule has 5 N–H and O–H groups in total. The second-order valence-electron chi connectivity index (χ2n) is 14.2. The number of ether oxygens (including phenoxy) is 3. The van der Waals surface area contributed by atoms with E-state index in [1.807, 2.05) is 48.5 Å². The maximum Gasteiger partial charge on any atom is 0.255 e. The van der Waals surface area contributed by atoms with Crippen molar-refractivity contribution in [2.75, 3.05) is 44.2 Å². The van der Waals surface area contributed by atoms with Crippen molar-refractivity contribution in [1.82, 2.24) is 15.5 Å². The van der Waals surface area contributed by atoms with Gasteiger partial charge in [-0.25, -0.2) is 0 Å². The van der Waals surface area contributed by atoms with Crippen molar-refractivity contribution in [1.29, 1.82) is 0 Å². The molecule has 0 aromatic heterocycles. The minimum absolute atomic E-state index is 0.0401. The van der Waals surface area contributed by atoms with Crippen LogP contribution in [0.15, 0.2) is 91.0 Å². The van der Waals surface area contributed by atoms with Gasteiger partial charge in [-0.05, 0) is 96.1 Å². The third-order valence-electron chi connectivity index (χ3n) is 10.1. The van der Waals surface area contributed by atoms with Gasteiger partial charge in [0.05, 0.1) is 32.8 Å². The molecule has 2 unspecified atom stereocenters. The predicted octanol–water partition coefficient (Wildman–Crippen LogP) is 5.39. The quantitative estimate of drug-likeness (QED) is 0.0354. The molecule has 6 rings (SSSR count). The highest BCUT2D eigenvalue weighted by Crippen LogP contribution is 2.37. The van der Waals surface area contributed by atoms with Gasteiger partial charge in [-0.1, -0.05) is 42.5 Å². The Kier molecular flexibility index (Phi) is 14.9. The first-order valence-electron chi connectivity index (χ1n) is 19.7. The number of amides is 5. The first-order valence-corrected chi connectivity index (χ1v) is 20.2. The van der Waals surface area contributed by atoms with E-state index < -0.39 is 18.1 Å². The summed E-state index contributed by atoms with van der Waals surface area (Å²) in [7, 11) is 0. The summed E-state index contributed by atoms with van der Waals surface area (Å²) < 4.78 is 17.1. The highest BCUT2D eigenvalue weighted by atomic mass is 35.5. The van der Waals surface area contributed by atoms with Gasteiger partial charge in [-0.2, -0.15) is 0 Å². The number of phenolic OH excluding ortho intramolecular Hbond substituents is 2. The Morgan fingerprint density at radius 3 is 2.18 bits per heavy atom. The number of fused-ring (bicyclic) bond motifs is 1. The molecule has 0 bridgehead atoms. The molecule has 2 heterocycles. The summed E-state index contributed by atoms with van der Waals surface area (Å²) in [5.74, 6) is -0.522. The number of carbonyl (C=O) groups excluding carboxylic acids is 5. The monoisotopic (exact) mass is 838 g/mol. The number of phenols is 2. The number of hydrogen-bond donors (Lipinski definition) is 5. The third kappa shape index (κ3) is 11.1. The van der Waals surface area contributed by atoms with Crippen LogP contribution in [0.2, 0.25) is 0 Å². The lowest BCUT2D eigenvalue weighted by Crippen LogP contribution is -2.52. The lowest BCUT2D eigenvalue weighted by molar-refractivity contribution is -0.137. The van der Waals surface area contributed by atoms with E-state index in [1.165, 1.54) is 4.90 Å². The maximum absolute atomic E-state index is 13.1. The third-order valence-corrected chi connectivity index (χ3v) is 10.3. The van der Waals surface area contributed by atoms with E-state index in [2.05, 4.69) is 16.0 Å². The van der Waals surface area contributed by atoms with Gasteiger partial charge in [-0.3, -0.25) is 29.3 Å². The van der Waals surface area contributed by atoms with Gasteiger partial charge in [0.15, 0.2) is 0 Å². The second-order valence-corrected chi connectivity index (χ2v) is 14.6. The number of imide groups is 1. The molecule has 60 heavy (non-hydrogen) atoms. The molecular weight excluding hydrogens is 792 g/mol. The minimum atomic E-state index is -0.752. The molecule has 0 spiro atoms. The number of alkyl halides is 1. The van der Waals surface area contributed by atoms with Gasteiger partial charge in [0, 0.05) is 35.7 Å². The summed E-state index contributed by atoms with van der Waals surface area (Å²) in [5.41, 5.74) is 6.10. The van der Waals surface area contributed by atoms with E-state index in [9.17, 15) is 34.2 Å². The van der Waals surface area contributed by atoms with Crippen molar-refractivity contribution in [3.05, 3.63) is 119 Å². The Morgan fingerprint density at radius 2 is 1.52 bits per heavy atom. The van der Waals surface area contributed by atoms with Crippen LogP contribution in [0.1, 0.15) is 65.2 Å². The van der Waals surface area contributed by atoms with Gasteiger partial charge < -0.3 is 40.0 Å². The topological polar surface area (TPSA) is 193 Å². The Labute approximate surface area is 352 Å². The largest absolute Gasteiger partial charge is 0.508 e. The maximum atomic E-state index is 13.1. The summed E-state index contributed by atoms with van der Waals surface area (Å²) in [4.78, 5) is 63.8. The zero-order valence-electron chi connectivity index (χ0n) is 33.1. The molecule has 14 nitrogen and oxygen atoms in total. The summed E-state index contributed by atoms with van der Waals surface area (Å²) in [6, 6.07) is 25.7. The second kappa shape index (κ2) is 20.7. The number of carbonyl (C=O) groups is 5. The SMILES string of the molecule is CC(OCCOCCC(=O)Nc1cccc2c1CN(C1CCC(=O)NC1=O)C2=O)C(=O)NCCOc1ccc(C(=C(CCCl)c2ccc(O)cc2)c2ccc(O)cc2)cc1. The smallest absolute Gasteiger partial charge is 0.255 e. The van der Waals surface area contributed by atoms with Crippen molar-refractivity contribution in [2.24, 2.45) is 0 Å². The van der Waals surface area contributed by atoms with Crippen LogP contribution in [-0.2, 0) is 35.2 Å². The molecule has 5 amide bonds. The number of anilines is 1. The van der Waals surface area contributed by atoms with Gasteiger partial charge in [0.1, 0.15) is 36.0 Å². The van der Waals surface area contributed by atoms with Crippen LogP contribution in [0, 0.1) is 0 Å². The predicted molar refractivity (Wildman–Crippen MR) is 224 cm³/mol. The van der Waals surface area contributed by atoms with Crippen LogP contribution in [0.5, 0.6) is 17.2 Å². The zero-order valence-corrected chi connectivity index (χ0v) is 33.8.